The summed E-state index contributed by atoms with van der Waals surface area (Å²) in [6, 6.07) is 46.4. The summed E-state index contributed by atoms with van der Waals surface area (Å²) in [4.78, 5) is 4.22. The summed E-state index contributed by atoms with van der Waals surface area (Å²) < 4.78 is 71.4. The minimum absolute atomic E-state index is 0.165. The van der Waals surface area contributed by atoms with E-state index in [-0.39, 0.29) is 19.1 Å². The molecule has 2 aliphatic carbocycles. The van der Waals surface area contributed by atoms with Gasteiger partial charge >= 0.3 is 374 Å². The molecule has 7 heteroatoms. The van der Waals surface area contributed by atoms with E-state index in [2.05, 4.69) is 58.3 Å². The molecule has 2 nitrogen and oxygen atoms in total. The van der Waals surface area contributed by atoms with Crippen LogP contribution in [-0.2, 0) is 27.7 Å². The SMILES string of the molecule is Fc1ccc(N2CCCCC2(c2ccccc2)c2ccccc2)c(F)[c]1[Ti]([c]1c(F)ccc(N2CCCCC2(c2ccccc2)c2ccccc2)c1F)([CH]1C=CC=C1)[CH]1C=CC=C1. The van der Waals surface area contributed by atoms with Gasteiger partial charge in [-0.05, 0) is 0 Å². The van der Waals surface area contributed by atoms with Crippen LogP contribution in [0.4, 0.5) is 28.9 Å². The molecule has 0 unspecified atom stereocenters. The van der Waals surface area contributed by atoms with Gasteiger partial charge in [0.25, 0.3) is 0 Å². The molecule has 10 rings (SSSR count). The van der Waals surface area contributed by atoms with Crippen molar-refractivity contribution >= 4 is 19.1 Å². The van der Waals surface area contributed by atoms with Crippen molar-refractivity contribution in [1.82, 2.24) is 0 Å². The number of halogens is 4. The number of hydrogen-bond acceptors (Lipinski definition) is 2. The predicted octanol–water partition coefficient (Wildman–Crippen LogP) is 13.0. The van der Waals surface area contributed by atoms with Crippen molar-refractivity contribution in [3.05, 3.63) is 240 Å². The zero-order valence-electron chi connectivity index (χ0n) is 35.2. The van der Waals surface area contributed by atoms with Gasteiger partial charge in [-0.25, -0.2) is 0 Å². The Kier molecular flexibility index (Phi) is 11.2. The first kappa shape index (κ1) is 41.3. The first-order chi connectivity index (χ1) is 30.9. The Morgan fingerprint density at radius 1 is 0.397 bits per heavy atom. The van der Waals surface area contributed by atoms with Gasteiger partial charge in [-0.15, -0.1) is 0 Å². The van der Waals surface area contributed by atoms with E-state index in [1.165, 1.54) is 12.1 Å². The molecule has 0 radical (unpaired) electrons. The van der Waals surface area contributed by atoms with Crippen LogP contribution in [0.15, 0.2) is 194 Å². The standard InChI is InChI=1S/2C23H20F2N.2C5H5.Ti/c2*24-20-13-14-22(21(25)17-20)26-16-8-7-15-23(26,18-9-3-1-4-10-18)19-11-5-2-6-12-19;2*1-2-4-5-3-1;/h2*1-6,9-14H,7-8,15-16H2;2*1-5H;. The van der Waals surface area contributed by atoms with Crippen LogP contribution in [0, 0.1) is 23.3 Å². The molecule has 2 aliphatic heterocycles. The van der Waals surface area contributed by atoms with E-state index in [1.807, 2.05) is 121 Å². The third kappa shape index (κ3) is 6.63. The molecule has 0 saturated carbocycles. The maximum absolute atomic E-state index is 18.9. The molecule has 0 N–H and O–H groups in total. The number of hydrogen-bond donors (Lipinski definition) is 0. The summed E-state index contributed by atoms with van der Waals surface area (Å²) >= 11 is -5.21. The quantitative estimate of drug-likeness (QED) is 0.0999. The first-order valence-corrected chi connectivity index (χ1v) is 25.7. The Bertz CT molecular complexity index is 2420. The van der Waals surface area contributed by atoms with Crippen LogP contribution in [0.25, 0.3) is 0 Å². The summed E-state index contributed by atoms with van der Waals surface area (Å²) in [6.07, 6.45) is 19.9. The molecular weight excluding hydrogens is 824 g/mol. The molecule has 0 aromatic heterocycles. The van der Waals surface area contributed by atoms with Crippen molar-refractivity contribution < 1.29 is 34.2 Å². The van der Waals surface area contributed by atoms with E-state index in [0.29, 0.717) is 25.9 Å². The van der Waals surface area contributed by atoms with Crippen molar-refractivity contribution in [3.8, 4) is 0 Å². The van der Waals surface area contributed by atoms with Gasteiger partial charge in [0.1, 0.15) is 0 Å². The second-order valence-corrected chi connectivity index (χ2v) is 23.7. The van der Waals surface area contributed by atoms with E-state index >= 15 is 17.6 Å². The zero-order valence-corrected chi connectivity index (χ0v) is 36.8. The predicted molar refractivity (Wildman–Crippen MR) is 246 cm³/mol. The third-order valence-electron chi connectivity index (χ3n) is 14.4. The number of allylic oxidation sites excluding steroid dienone is 8. The van der Waals surface area contributed by atoms with Gasteiger partial charge in [-0.2, -0.15) is 0 Å². The van der Waals surface area contributed by atoms with Crippen molar-refractivity contribution in [3.63, 3.8) is 0 Å². The van der Waals surface area contributed by atoms with E-state index in [9.17, 15) is 0 Å². The van der Waals surface area contributed by atoms with Gasteiger partial charge in [0.15, 0.2) is 0 Å². The summed E-state index contributed by atoms with van der Waals surface area (Å²) in [7, 11) is 0. The summed E-state index contributed by atoms with van der Waals surface area (Å²) in [5, 5.41) is 0. The summed E-state index contributed by atoms with van der Waals surface area (Å²) in [5.74, 6) is -3.02. The van der Waals surface area contributed by atoms with Crippen molar-refractivity contribution in [1.29, 1.82) is 0 Å². The van der Waals surface area contributed by atoms with E-state index in [0.717, 1.165) is 47.9 Å². The van der Waals surface area contributed by atoms with Crippen LogP contribution >= 0.6 is 0 Å². The molecule has 63 heavy (non-hydrogen) atoms. The van der Waals surface area contributed by atoms with Crippen LogP contribution in [0.1, 0.15) is 60.8 Å². The zero-order chi connectivity index (χ0) is 43.0. The molecular formula is C56H50F4N2Ti. The monoisotopic (exact) mass is 874 g/mol. The number of piperidine rings is 2. The van der Waals surface area contributed by atoms with Crippen molar-refractivity contribution in [2.75, 3.05) is 22.9 Å². The van der Waals surface area contributed by atoms with E-state index < -0.39 is 59.4 Å². The number of nitrogens with zero attached hydrogens (tertiary/aromatic N) is 2. The molecule has 6 aromatic rings. The van der Waals surface area contributed by atoms with Crippen molar-refractivity contribution in [2.45, 2.75) is 58.0 Å². The molecule has 6 aromatic carbocycles. The van der Waals surface area contributed by atoms with Crippen molar-refractivity contribution in [2.24, 2.45) is 0 Å². The molecule has 0 amide bonds. The summed E-state index contributed by atoms with van der Waals surface area (Å²) in [5.41, 5.74) is 2.93. The fourth-order valence-corrected chi connectivity index (χ4v) is 20.5. The maximum atomic E-state index is 18.9. The van der Waals surface area contributed by atoms with Gasteiger partial charge in [-0.3, -0.25) is 0 Å². The Balaban J connectivity index is 1.25. The van der Waals surface area contributed by atoms with Crippen LogP contribution in [0.3, 0.4) is 0 Å². The Labute approximate surface area is 372 Å². The number of anilines is 2. The average molecular weight is 875 g/mol. The normalized spacial score (nSPS) is 18.4. The summed E-state index contributed by atoms with van der Waals surface area (Å²) in [6.45, 7) is 1.01. The van der Waals surface area contributed by atoms with Crippen LogP contribution < -0.4 is 17.5 Å². The molecule has 2 fully saturated rings. The fourth-order valence-electron chi connectivity index (χ4n) is 11.7. The van der Waals surface area contributed by atoms with E-state index in [4.69, 9.17) is 0 Å². The van der Waals surface area contributed by atoms with Gasteiger partial charge < -0.3 is 0 Å². The van der Waals surface area contributed by atoms with Gasteiger partial charge in [0, 0.05) is 0 Å². The molecule has 4 aliphatic rings. The van der Waals surface area contributed by atoms with Gasteiger partial charge in [0.2, 0.25) is 0 Å². The number of rotatable bonds is 10. The topological polar surface area (TPSA) is 6.48 Å². The number of benzene rings is 6. The van der Waals surface area contributed by atoms with Gasteiger partial charge in [0.05, 0.1) is 0 Å². The Morgan fingerprint density at radius 3 is 1.03 bits per heavy atom. The molecule has 316 valence electrons. The Morgan fingerprint density at radius 2 is 0.714 bits per heavy atom. The van der Waals surface area contributed by atoms with Crippen LogP contribution in [-0.4, -0.2) is 13.1 Å². The Hall–Kier alpha value is -5.69. The second-order valence-electron chi connectivity index (χ2n) is 17.4. The molecule has 2 heterocycles. The minimum atomic E-state index is -5.21. The van der Waals surface area contributed by atoms with Crippen LogP contribution in [0.2, 0.25) is 8.45 Å². The first-order valence-electron chi connectivity index (χ1n) is 22.4. The molecule has 0 atom stereocenters. The average Bonchev–Trinajstić information content (AvgIpc) is 4.09. The second kappa shape index (κ2) is 17.1. The fraction of sp³-hybridized carbons (Fsp3) is 0.214. The van der Waals surface area contributed by atoms with E-state index in [1.54, 1.807) is 12.1 Å². The van der Waals surface area contributed by atoms with Crippen LogP contribution in [0.5, 0.6) is 0 Å². The van der Waals surface area contributed by atoms with Gasteiger partial charge in [-0.1, -0.05) is 0 Å². The molecule has 0 spiro atoms. The molecule has 0 bridgehead atoms. The third-order valence-corrected chi connectivity index (χ3v) is 22.9. The molecule has 2 saturated heterocycles.